The average molecular weight is 332 g/mol. The molecule has 0 spiro atoms. The molecule has 0 radical (unpaired) electrons. The first kappa shape index (κ1) is 16.6. The number of sulfonamides is 1. The third-order valence-electron chi connectivity index (χ3n) is 3.08. The fourth-order valence-electron chi connectivity index (χ4n) is 1.69. The van der Waals surface area contributed by atoms with Crippen molar-refractivity contribution in [1.29, 1.82) is 0 Å². The number of aromatic nitrogens is 1. The lowest BCUT2D eigenvalue weighted by molar-refractivity contribution is 0.0955. The second-order valence-electron chi connectivity index (χ2n) is 4.76. The van der Waals surface area contributed by atoms with Crippen LogP contribution >= 0.6 is 0 Å². The van der Waals surface area contributed by atoms with Crippen molar-refractivity contribution in [3.05, 3.63) is 59.9 Å². The maximum Gasteiger partial charge on any atom is 0.271 e. The number of benzene rings is 1. The SMILES string of the molecule is CN(c1ccc(C(=O)N/N=C\c2ccncc2)cc1)S(C)(=O)=O. The van der Waals surface area contributed by atoms with Crippen LogP contribution < -0.4 is 9.73 Å². The fraction of sp³-hybridized carbons (Fsp3) is 0.133. The van der Waals surface area contributed by atoms with Gasteiger partial charge in [-0.15, -0.1) is 0 Å². The van der Waals surface area contributed by atoms with Crippen LogP contribution in [0.3, 0.4) is 0 Å². The number of carbonyl (C=O) groups is 1. The summed E-state index contributed by atoms with van der Waals surface area (Å²) in [5.41, 5.74) is 4.07. The summed E-state index contributed by atoms with van der Waals surface area (Å²) in [6.45, 7) is 0. The molecule has 2 rings (SSSR count). The van der Waals surface area contributed by atoms with E-state index < -0.39 is 10.0 Å². The summed E-state index contributed by atoms with van der Waals surface area (Å²) in [6, 6.07) is 9.70. The molecule has 0 fully saturated rings. The summed E-state index contributed by atoms with van der Waals surface area (Å²) in [5, 5.41) is 3.86. The van der Waals surface area contributed by atoms with E-state index in [1.54, 1.807) is 36.7 Å². The molecule has 120 valence electrons. The number of nitrogens with zero attached hydrogens (tertiary/aromatic N) is 3. The number of pyridine rings is 1. The topological polar surface area (TPSA) is 91.7 Å². The maximum absolute atomic E-state index is 11.9. The van der Waals surface area contributed by atoms with Crippen molar-refractivity contribution >= 4 is 27.8 Å². The van der Waals surface area contributed by atoms with Gasteiger partial charge in [-0.1, -0.05) is 0 Å². The van der Waals surface area contributed by atoms with Crippen molar-refractivity contribution in [2.24, 2.45) is 5.10 Å². The summed E-state index contributed by atoms with van der Waals surface area (Å²) in [4.78, 5) is 15.8. The van der Waals surface area contributed by atoms with Gasteiger partial charge in [0, 0.05) is 25.0 Å². The van der Waals surface area contributed by atoms with E-state index in [1.807, 2.05) is 0 Å². The van der Waals surface area contributed by atoms with Gasteiger partial charge >= 0.3 is 0 Å². The molecule has 0 aliphatic heterocycles. The molecule has 0 aliphatic carbocycles. The quantitative estimate of drug-likeness (QED) is 0.659. The Labute approximate surface area is 134 Å². The van der Waals surface area contributed by atoms with Gasteiger partial charge in [-0.25, -0.2) is 13.8 Å². The van der Waals surface area contributed by atoms with Crippen molar-refractivity contribution in [3.63, 3.8) is 0 Å². The Morgan fingerprint density at radius 2 is 1.78 bits per heavy atom. The molecule has 0 atom stereocenters. The molecule has 0 saturated heterocycles. The Hall–Kier alpha value is -2.74. The molecule has 1 aromatic carbocycles. The van der Waals surface area contributed by atoms with Crippen LogP contribution in [0.5, 0.6) is 0 Å². The summed E-state index contributed by atoms with van der Waals surface area (Å²) >= 11 is 0. The monoisotopic (exact) mass is 332 g/mol. The zero-order valence-corrected chi connectivity index (χ0v) is 13.5. The van der Waals surface area contributed by atoms with E-state index in [9.17, 15) is 13.2 Å². The molecule has 8 heteroatoms. The number of anilines is 1. The minimum atomic E-state index is -3.33. The molecule has 1 amide bonds. The van der Waals surface area contributed by atoms with Gasteiger partial charge in [0.25, 0.3) is 5.91 Å². The Bertz CT molecular complexity index is 802. The Balaban J connectivity index is 2.02. The van der Waals surface area contributed by atoms with E-state index in [0.29, 0.717) is 11.3 Å². The van der Waals surface area contributed by atoms with Gasteiger partial charge in [-0.05, 0) is 42.0 Å². The zero-order chi connectivity index (χ0) is 16.9. The van der Waals surface area contributed by atoms with Crippen molar-refractivity contribution in [1.82, 2.24) is 10.4 Å². The highest BCUT2D eigenvalue weighted by atomic mass is 32.2. The van der Waals surface area contributed by atoms with Crippen LogP contribution in [0.15, 0.2) is 53.9 Å². The van der Waals surface area contributed by atoms with Crippen LogP contribution in [0.4, 0.5) is 5.69 Å². The lowest BCUT2D eigenvalue weighted by Gasteiger charge is -2.16. The van der Waals surface area contributed by atoms with E-state index in [2.05, 4.69) is 15.5 Å². The van der Waals surface area contributed by atoms with Gasteiger partial charge in [0.1, 0.15) is 0 Å². The van der Waals surface area contributed by atoms with Crippen LogP contribution in [-0.4, -0.2) is 38.8 Å². The molecule has 7 nitrogen and oxygen atoms in total. The molecule has 2 aromatic rings. The Morgan fingerprint density at radius 3 is 2.35 bits per heavy atom. The smallest absolute Gasteiger partial charge is 0.271 e. The molecule has 1 N–H and O–H groups in total. The molecule has 0 saturated carbocycles. The molecular formula is C15H16N4O3S. The molecule has 1 aromatic heterocycles. The summed E-state index contributed by atoms with van der Waals surface area (Å²) in [7, 11) is -1.88. The van der Waals surface area contributed by atoms with Gasteiger partial charge in [0.05, 0.1) is 18.2 Å². The molecule has 0 aliphatic rings. The minimum absolute atomic E-state index is 0.377. The first-order valence-electron chi connectivity index (χ1n) is 6.65. The van der Waals surface area contributed by atoms with Crippen LogP contribution in [0.2, 0.25) is 0 Å². The Morgan fingerprint density at radius 1 is 1.17 bits per heavy atom. The number of nitrogens with one attached hydrogen (secondary N) is 1. The van der Waals surface area contributed by atoms with Crippen molar-refractivity contribution in [2.45, 2.75) is 0 Å². The number of hydrogen-bond donors (Lipinski definition) is 1. The van der Waals surface area contributed by atoms with Crippen molar-refractivity contribution < 1.29 is 13.2 Å². The highest BCUT2D eigenvalue weighted by molar-refractivity contribution is 7.92. The molecule has 0 unspecified atom stereocenters. The van der Waals surface area contributed by atoms with Crippen LogP contribution in [-0.2, 0) is 10.0 Å². The molecule has 0 bridgehead atoms. The Kier molecular flexibility index (Phi) is 5.07. The largest absolute Gasteiger partial charge is 0.274 e. The third kappa shape index (κ3) is 4.62. The number of amides is 1. The normalized spacial score (nSPS) is 11.4. The summed E-state index contributed by atoms with van der Waals surface area (Å²) in [6.07, 6.45) is 5.87. The second-order valence-corrected chi connectivity index (χ2v) is 6.77. The van der Waals surface area contributed by atoms with Crippen LogP contribution in [0.25, 0.3) is 0 Å². The first-order valence-corrected chi connectivity index (χ1v) is 8.50. The second kappa shape index (κ2) is 7.01. The predicted molar refractivity (Wildman–Crippen MR) is 89.0 cm³/mol. The van der Waals surface area contributed by atoms with Crippen molar-refractivity contribution in [2.75, 3.05) is 17.6 Å². The fourth-order valence-corrected chi connectivity index (χ4v) is 2.20. The lowest BCUT2D eigenvalue weighted by atomic mass is 10.2. The number of hydrogen-bond acceptors (Lipinski definition) is 5. The van der Waals surface area contributed by atoms with Crippen molar-refractivity contribution in [3.8, 4) is 0 Å². The number of rotatable bonds is 5. The number of carbonyl (C=O) groups excluding carboxylic acids is 1. The third-order valence-corrected chi connectivity index (χ3v) is 4.28. The standard InChI is InChI=1S/C15H16N4O3S/c1-19(23(2,21)22)14-5-3-13(4-6-14)15(20)18-17-11-12-7-9-16-10-8-12/h3-11H,1-2H3,(H,18,20)/b17-11-. The van der Waals surface area contributed by atoms with E-state index in [1.165, 1.54) is 25.4 Å². The van der Waals surface area contributed by atoms with Gasteiger partial charge in [-0.2, -0.15) is 5.10 Å². The van der Waals surface area contributed by atoms with Gasteiger partial charge < -0.3 is 0 Å². The van der Waals surface area contributed by atoms with E-state index in [4.69, 9.17) is 0 Å². The summed E-state index contributed by atoms with van der Waals surface area (Å²) < 4.78 is 24.0. The number of hydrazone groups is 1. The van der Waals surface area contributed by atoms with Gasteiger partial charge in [-0.3, -0.25) is 14.1 Å². The van der Waals surface area contributed by atoms with E-state index in [-0.39, 0.29) is 5.91 Å². The maximum atomic E-state index is 11.9. The molecular weight excluding hydrogens is 316 g/mol. The van der Waals surface area contributed by atoms with E-state index in [0.717, 1.165) is 16.1 Å². The predicted octanol–water partition coefficient (Wildman–Crippen LogP) is 1.24. The van der Waals surface area contributed by atoms with E-state index >= 15 is 0 Å². The molecule has 23 heavy (non-hydrogen) atoms. The van der Waals surface area contributed by atoms with Gasteiger partial charge in [0.2, 0.25) is 10.0 Å². The van der Waals surface area contributed by atoms with Crippen LogP contribution in [0.1, 0.15) is 15.9 Å². The lowest BCUT2D eigenvalue weighted by Crippen LogP contribution is -2.25. The average Bonchev–Trinajstić information content (AvgIpc) is 2.54. The van der Waals surface area contributed by atoms with Crippen LogP contribution in [0, 0.1) is 0 Å². The van der Waals surface area contributed by atoms with Gasteiger partial charge in [0.15, 0.2) is 0 Å². The first-order chi connectivity index (χ1) is 10.9. The summed E-state index contributed by atoms with van der Waals surface area (Å²) in [5.74, 6) is -0.385. The zero-order valence-electron chi connectivity index (χ0n) is 12.7. The highest BCUT2D eigenvalue weighted by Gasteiger charge is 2.12. The minimum Gasteiger partial charge on any atom is -0.274 e. The highest BCUT2D eigenvalue weighted by Crippen LogP contribution is 2.16. The molecule has 1 heterocycles.